The van der Waals surface area contributed by atoms with Crippen LogP contribution in [-0.2, 0) is 45.8 Å². The summed E-state index contributed by atoms with van der Waals surface area (Å²) in [6.45, 7) is -2.23. The van der Waals surface area contributed by atoms with Gasteiger partial charge in [-0.25, -0.2) is 0 Å². The van der Waals surface area contributed by atoms with Crippen LogP contribution in [0, 0.1) is 25.1 Å². The van der Waals surface area contributed by atoms with Crippen LogP contribution < -0.4 is 0 Å². The third-order valence-electron chi connectivity index (χ3n) is 11.5. The molecule has 3 heterocycles. The number of aromatic nitrogens is 5. The Morgan fingerprint density at radius 3 is 1.62 bits per heavy atom. The summed E-state index contributed by atoms with van der Waals surface area (Å²) in [5.41, 5.74) is 17.2. The number of nitrogens with zero attached hydrogens (tertiary/aromatic N) is 5. The Morgan fingerprint density at radius 2 is 1.06 bits per heavy atom. The van der Waals surface area contributed by atoms with Crippen LogP contribution >= 0.6 is 0 Å². The third kappa shape index (κ3) is 9.55. The first-order chi connectivity index (χ1) is 32.3. The number of benzene rings is 7. The predicted molar refractivity (Wildman–Crippen MR) is 255 cm³/mol. The van der Waals surface area contributed by atoms with Crippen molar-refractivity contribution in [3.05, 3.63) is 247 Å². The van der Waals surface area contributed by atoms with E-state index in [4.69, 9.17) is 4.11 Å². The molecule has 0 aliphatic rings. The van der Waals surface area contributed by atoms with Crippen LogP contribution in [-0.4, -0.2) is 24.5 Å². The summed E-state index contributed by atoms with van der Waals surface area (Å²) in [6, 6.07) is 69.2. The maximum atomic E-state index is 7.88. The molecule has 3 aromatic heterocycles. The minimum absolute atomic E-state index is 0. The molecule has 0 aliphatic carbocycles. The monoisotopic (exact) mass is 1010 g/mol. The van der Waals surface area contributed by atoms with E-state index >= 15 is 0 Å². The standard InChI is InChI=1S/C58H44N5.Ir/c1-42-13-32-58(59-41-42)50-26-31-56(57(40-50)49-24-22-48(23-25-49)47-9-3-2-4-10-47)55-12-6-5-11-54(55)51-38-45(16-14-43-18-27-52(28-19-43)62-35-7-33-60-62)37-46(39-51)17-15-44-20-29-53(30-21-44)63-36-8-34-61-63;/h2-13,18-25,27,29,31-41H,14-17H2,1H3;/q-3;+3/i1D3;. The first-order valence-electron chi connectivity index (χ1n) is 22.7. The zero-order valence-electron chi connectivity index (χ0n) is 38.0. The first kappa shape index (κ1) is 38.4. The Morgan fingerprint density at radius 1 is 0.469 bits per heavy atom. The SMILES string of the molecule is [2H]C([2H])([2H])c1ccc(-c2[c-]cc(-c3ccccc3-c3cc(CCc4c[c-]c(-n5cccn5)cc4)cc(CCc4c[c-]c(-n5cccn5)cc4)c3)c(-c3ccc(-c4ccccc4)cc3)c2)nc1.[Ir+3]. The molecule has 310 valence electrons. The van der Waals surface area contributed by atoms with Gasteiger partial charge in [0.25, 0.3) is 0 Å². The van der Waals surface area contributed by atoms with Gasteiger partial charge in [-0.15, -0.1) is 35.9 Å². The summed E-state index contributed by atoms with van der Waals surface area (Å²) in [7, 11) is 0. The van der Waals surface area contributed by atoms with E-state index in [2.05, 4.69) is 173 Å². The first-order valence-corrected chi connectivity index (χ1v) is 21.2. The largest absolute Gasteiger partial charge is 3.00 e. The van der Waals surface area contributed by atoms with Crippen LogP contribution in [0.1, 0.15) is 31.9 Å². The zero-order valence-corrected chi connectivity index (χ0v) is 37.3. The Labute approximate surface area is 393 Å². The van der Waals surface area contributed by atoms with Gasteiger partial charge in [0.2, 0.25) is 0 Å². The van der Waals surface area contributed by atoms with E-state index in [1.54, 1.807) is 24.5 Å². The van der Waals surface area contributed by atoms with E-state index in [-0.39, 0.29) is 25.7 Å². The Bertz CT molecular complexity index is 3090. The number of aryl methyl sites for hydroxylation is 5. The van der Waals surface area contributed by atoms with Gasteiger partial charge in [0.1, 0.15) is 0 Å². The van der Waals surface area contributed by atoms with Crippen molar-refractivity contribution in [2.24, 2.45) is 0 Å². The van der Waals surface area contributed by atoms with Crippen molar-refractivity contribution in [1.82, 2.24) is 24.5 Å². The van der Waals surface area contributed by atoms with E-state index in [0.717, 1.165) is 87.1 Å². The molecule has 10 aromatic rings. The van der Waals surface area contributed by atoms with Crippen LogP contribution in [0.2, 0.25) is 0 Å². The van der Waals surface area contributed by atoms with Crippen LogP contribution in [0.5, 0.6) is 0 Å². The molecule has 0 saturated carbocycles. The van der Waals surface area contributed by atoms with Gasteiger partial charge < -0.3 is 4.98 Å². The van der Waals surface area contributed by atoms with E-state index < -0.39 is 6.85 Å². The molecule has 0 bridgehead atoms. The van der Waals surface area contributed by atoms with E-state index in [1.807, 2.05) is 40.0 Å². The van der Waals surface area contributed by atoms with Crippen LogP contribution in [0.25, 0.3) is 67.1 Å². The number of pyridine rings is 1. The molecular formula is C58H44IrN5. The second kappa shape index (κ2) is 19.4. The molecule has 0 saturated heterocycles. The van der Waals surface area contributed by atoms with Crippen molar-refractivity contribution in [3.8, 4) is 67.1 Å². The Hall–Kier alpha value is -7.24. The fourth-order valence-corrected chi connectivity index (χ4v) is 8.20. The van der Waals surface area contributed by atoms with Gasteiger partial charge >= 0.3 is 20.1 Å². The number of hydrogen-bond donors (Lipinski definition) is 0. The average Bonchev–Trinajstić information content (AvgIpc) is 4.12. The molecule has 0 N–H and O–H groups in total. The molecule has 10 rings (SSSR count). The van der Waals surface area contributed by atoms with Crippen molar-refractivity contribution >= 4 is 0 Å². The summed E-state index contributed by atoms with van der Waals surface area (Å²) in [5, 5.41) is 8.73. The summed E-state index contributed by atoms with van der Waals surface area (Å²) >= 11 is 0. The maximum Gasteiger partial charge on any atom is 3.00 e. The molecular weight excluding hydrogens is 959 g/mol. The molecule has 0 fully saturated rings. The molecule has 0 aliphatic heterocycles. The normalized spacial score (nSPS) is 11.9. The molecule has 6 heteroatoms. The van der Waals surface area contributed by atoms with Gasteiger partial charge in [-0.05, 0) is 93.4 Å². The molecule has 7 aromatic carbocycles. The molecule has 64 heavy (non-hydrogen) atoms. The quantitative estimate of drug-likeness (QED) is 0.108. The number of rotatable bonds is 13. The smallest absolute Gasteiger partial charge is 0.304 e. The summed E-state index contributed by atoms with van der Waals surface area (Å²) in [4.78, 5) is 4.60. The summed E-state index contributed by atoms with van der Waals surface area (Å²) in [6.07, 6.45) is 12.3. The fraction of sp³-hybridized carbons (Fsp3) is 0.0862. The van der Waals surface area contributed by atoms with Crippen molar-refractivity contribution in [3.63, 3.8) is 0 Å². The van der Waals surface area contributed by atoms with Crippen LogP contribution in [0.4, 0.5) is 0 Å². The van der Waals surface area contributed by atoms with Gasteiger partial charge in [-0.3, -0.25) is 9.36 Å². The number of hydrogen-bond acceptors (Lipinski definition) is 3. The summed E-state index contributed by atoms with van der Waals surface area (Å²) < 4.78 is 27.3. The maximum absolute atomic E-state index is 7.88. The molecule has 0 unspecified atom stereocenters. The minimum atomic E-state index is -2.23. The predicted octanol–water partition coefficient (Wildman–Crippen LogP) is 13.1. The molecule has 0 spiro atoms. The Balaban J connectivity index is 0.00000562. The van der Waals surface area contributed by atoms with Gasteiger partial charge in [0, 0.05) is 35.1 Å². The van der Waals surface area contributed by atoms with Crippen molar-refractivity contribution in [2.45, 2.75) is 32.5 Å². The van der Waals surface area contributed by atoms with Gasteiger partial charge in [-0.1, -0.05) is 139 Å². The van der Waals surface area contributed by atoms with Gasteiger partial charge in [0.05, 0.1) is 0 Å². The van der Waals surface area contributed by atoms with Crippen LogP contribution in [0.3, 0.4) is 0 Å². The van der Waals surface area contributed by atoms with Gasteiger partial charge in [-0.2, -0.15) is 57.7 Å². The molecule has 0 amide bonds. The summed E-state index contributed by atoms with van der Waals surface area (Å²) in [5.74, 6) is 0. The molecule has 5 nitrogen and oxygen atoms in total. The topological polar surface area (TPSA) is 48.5 Å². The minimum Gasteiger partial charge on any atom is -0.304 e. The molecule has 0 atom stereocenters. The third-order valence-corrected chi connectivity index (χ3v) is 11.5. The second-order valence-corrected chi connectivity index (χ2v) is 15.7. The fourth-order valence-electron chi connectivity index (χ4n) is 8.20. The van der Waals surface area contributed by atoms with E-state index in [9.17, 15) is 0 Å². The van der Waals surface area contributed by atoms with Crippen molar-refractivity contribution in [1.29, 1.82) is 0 Å². The Kier molecular flexibility index (Phi) is 11.7. The van der Waals surface area contributed by atoms with E-state index in [0.29, 0.717) is 5.69 Å². The van der Waals surface area contributed by atoms with Gasteiger partial charge in [0.15, 0.2) is 0 Å². The second-order valence-electron chi connectivity index (χ2n) is 15.7. The average molecular weight is 1010 g/mol. The zero-order chi connectivity index (χ0) is 44.9. The van der Waals surface area contributed by atoms with Crippen molar-refractivity contribution < 1.29 is 24.2 Å². The van der Waals surface area contributed by atoms with E-state index in [1.165, 1.54) is 28.5 Å². The van der Waals surface area contributed by atoms with Crippen molar-refractivity contribution in [2.75, 3.05) is 0 Å². The van der Waals surface area contributed by atoms with Crippen LogP contribution in [0.15, 0.2) is 201 Å². The molecule has 0 radical (unpaired) electrons.